The van der Waals surface area contributed by atoms with Gasteiger partial charge >= 0.3 is 6.55 Å². The highest BCUT2D eigenvalue weighted by Gasteiger charge is 2.29. The van der Waals surface area contributed by atoms with Gasteiger partial charge in [-0.1, -0.05) is 0 Å². The van der Waals surface area contributed by atoms with E-state index in [0.717, 1.165) is 10.5 Å². The van der Waals surface area contributed by atoms with Crippen molar-refractivity contribution in [3.05, 3.63) is 29.6 Å². The van der Waals surface area contributed by atoms with Gasteiger partial charge in [0.1, 0.15) is 10.7 Å². The van der Waals surface area contributed by atoms with E-state index in [2.05, 4.69) is 10.1 Å². The molecule has 0 aliphatic rings. The number of hydrogen-bond acceptors (Lipinski definition) is 4. The van der Waals surface area contributed by atoms with Crippen LogP contribution in [0.3, 0.4) is 0 Å². The summed E-state index contributed by atoms with van der Waals surface area (Å²) < 4.78 is 54.0. The van der Waals surface area contributed by atoms with Crippen molar-refractivity contribution in [3.63, 3.8) is 0 Å². The number of imidazole rings is 1. The number of hydrogen-bond donors (Lipinski definition) is 0. The Hall–Kier alpha value is -1.81. The summed E-state index contributed by atoms with van der Waals surface area (Å²) in [6.07, 6.45) is 2.32. The first-order valence-electron chi connectivity index (χ1n) is 6.42. The third-order valence-electron chi connectivity index (χ3n) is 3.43. The SMILES string of the molecule is Cc1nn(C)c(C)c1S(=O)(=O)N(C)Cc1nccn1C(F)F. The summed E-state index contributed by atoms with van der Waals surface area (Å²) >= 11 is 0. The predicted molar refractivity (Wildman–Crippen MR) is 74.8 cm³/mol. The minimum atomic E-state index is -3.85. The molecular weight excluding hydrogens is 316 g/mol. The van der Waals surface area contributed by atoms with Gasteiger partial charge in [0.2, 0.25) is 10.0 Å². The fourth-order valence-electron chi connectivity index (χ4n) is 2.21. The molecule has 0 atom stereocenters. The number of aryl methyl sites for hydroxylation is 2. The molecule has 0 aliphatic carbocycles. The standard InChI is InChI=1S/C12H17F2N5O2S/c1-8-11(9(2)18(4)16-8)22(20,21)17(3)7-10-15-5-6-19(10)12(13)14/h5-6,12H,7H2,1-4H3. The van der Waals surface area contributed by atoms with Gasteiger partial charge in [-0.3, -0.25) is 9.25 Å². The van der Waals surface area contributed by atoms with Gasteiger partial charge in [-0.2, -0.15) is 18.2 Å². The molecule has 2 aromatic heterocycles. The fraction of sp³-hybridized carbons (Fsp3) is 0.500. The third-order valence-corrected chi connectivity index (χ3v) is 5.49. The molecule has 122 valence electrons. The van der Waals surface area contributed by atoms with Crippen LogP contribution < -0.4 is 0 Å². The Morgan fingerprint density at radius 2 is 2.00 bits per heavy atom. The van der Waals surface area contributed by atoms with Crippen LogP contribution >= 0.6 is 0 Å². The zero-order valence-electron chi connectivity index (χ0n) is 12.7. The maximum Gasteiger partial charge on any atom is 0.319 e. The number of sulfonamides is 1. The van der Waals surface area contributed by atoms with E-state index < -0.39 is 16.6 Å². The van der Waals surface area contributed by atoms with E-state index in [9.17, 15) is 17.2 Å². The molecule has 0 radical (unpaired) electrons. The first-order chi connectivity index (χ1) is 10.2. The molecule has 0 amide bonds. The Morgan fingerprint density at radius 3 is 2.50 bits per heavy atom. The molecule has 0 unspecified atom stereocenters. The Labute approximate surface area is 127 Å². The molecule has 0 aliphatic heterocycles. The Bertz CT molecular complexity index is 782. The molecule has 2 aromatic rings. The lowest BCUT2D eigenvalue weighted by molar-refractivity contribution is 0.0658. The monoisotopic (exact) mass is 333 g/mol. The van der Waals surface area contributed by atoms with E-state index >= 15 is 0 Å². The van der Waals surface area contributed by atoms with E-state index in [-0.39, 0.29) is 17.3 Å². The summed E-state index contributed by atoms with van der Waals surface area (Å²) in [5, 5.41) is 4.07. The maximum absolute atomic E-state index is 12.8. The molecule has 0 spiro atoms. The van der Waals surface area contributed by atoms with Gasteiger partial charge in [-0.25, -0.2) is 13.4 Å². The summed E-state index contributed by atoms with van der Waals surface area (Å²) in [6.45, 7) is 0.206. The van der Waals surface area contributed by atoms with Crippen molar-refractivity contribution in [2.24, 2.45) is 7.05 Å². The van der Waals surface area contributed by atoms with Gasteiger partial charge in [-0.05, 0) is 13.8 Å². The van der Waals surface area contributed by atoms with Crippen LogP contribution in [0.4, 0.5) is 8.78 Å². The third kappa shape index (κ3) is 2.75. The molecule has 2 heterocycles. The van der Waals surface area contributed by atoms with E-state index in [1.54, 1.807) is 20.9 Å². The van der Waals surface area contributed by atoms with E-state index in [1.807, 2.05) is 0 Å². The molecule has 7 nitrogen and oxygen atoms in total. The lowest BCUT2D eigenvalue weighted by atomic mass is 10.4. The van der Waals surface area contributed by atoms with Gasteiger partial charge in [0.15, 0.2) is 0 Å². The minimum Gasteiger partial charge on any atom is -0.277 e. The summed E-state index contributed by atoms with van der Waals surface area (Å²) in [4.78, 5) is 3.88. The van der Waals surface area contributed by atoms with Gasteiger partial charge < -0.3 is 0 Å². The molecule has 0 aromatic carbocycles. The van der Waals surface area contributed by atoms with E-state index in [0.29, 0.717) is 16.0 Å². The lowest BCUT2D eigenvalue weighted by Crippen LogP contribution is -2.29. The zero-order valence-corrected chi connectivity index (χ0v) is 13.5. The molecule has 2 rings (SSSR count). The Kier molecular flexibility index (Phi) is 4.34. The largest absolute Gasteiger partial charge is 0.319 e. The van der Waals surface area contributed by atoms with Gasteiger partial charge in [-0.15, -0.1) is 0 Å². The van der Waals surface area contributed by atoms with Crippen LogP contribution in [0.5, 0.6) is 0 Å². The molecule has 0 fully saturated rings. The van der Waals surface area contributed by atoms with Gasteiger partial charge in [0, 0.05) is 26.5 Å². The van der Waals surface area contributed by atoms with Crippen molar-refractivity contribution in [3.8, 4) is 0 Å². The molecule has 0 N–H and O–H groups in total. The van der Waals surface area contributed by atoms with Crippen molar-refractivity contribution < 1.29 is 17.2 Å². The second-order valence-corrected chi connectivity index (χ2v) is 6.89. The average Bonchev–Trinajstić information content (AvgIpc) is 2.95. The summed E-state index contributed by atoms with van der Waals surface area (Å²) in [5.41, 5.74) is 0.852. The Balaban J connectivity index is 2.36. The maximum atomic E-state index is 12.8. The molecular formula is C12H17F2N5O2S. The summed E-state index contributed by atoms with van der Waals surface area (Å²) in [6, 6.07) is 0. The Morgan fingerprint density at radius 1 is 1.36 bits per heavy atom. The molecule has 0 bridgehead atoms. The minimum absolute atomic E-state index is 0.0275. The highest BCUT2D eigenvalue weighted by molar-refractivity contribution is 7.89. The van der Waals surface area contributed by atoms with Crippen molar-refractivity contribution in [2.45, 2.75) is 31.8 Å². The van der Waals surface area contributed by atoms with Crippen LogP contribution in [0.1, 0.15) is 23.8 Å². The van der Waals surface area contributed by atoms with Crippen molar-refractivity contribution in [1.82, 2.24) is 23.6 Å². The first-order valence-corrected chi connectivity index (χ1v) is 7.86. The van der Waals surface area contributed by atoms with E-state index in [1.165, 1.54) is 17.9 Å². The van der Waals surface area contributed by atoms with Crippen LogP contribution in [-0.4, -0.2) is 39.1 Å². The fourth-order valence-corrected chi connectivity index (χ4v) is 3.73. The van der Waals surface area contributed by atoms with Crippen molar-refractivity contribution in [2.75, 3.05) is 7.05 Å². The number of aromatic nitrogens is 4. The van der Waals surface area contributed by atoms with Crippen LogP contribution in [0.15, 0.2) is 17.3 Å². The van der Waals surface area contributed by atoms with Gasteiger partial charge in [0.25, 0.3) is 0 Å². The summed E-state index contributed by atoms with van der Waals surface area (Å²) in [5.74, 6) is -0.0275. The zero-order chi connectivity index (χ0) is 16.7. The predicted octanol–water partition coefficient (Wildman–Crippen LogP) is 1.45. The molecule has 0 saturated carbocycles. The topological polar surface area (TPSA) is 73.0 Å². The smallest absolute Gasteiger partial charge is 0.277 e. The van der Waals surface area contributed by atoms with Crippen molar-refractivity contribution >= 4 is 10.0 Å². The first kappa shape index (κ1) is 16.6. The molecule has 10 heteroatoms. The normalized spacial score (nSPS) is 12.5. The quantitative estimate of drug-likeness (QED) is 0.830. The van der Waals surface area contributed by atoms with Crippen molar-refractivity contribution in [1.29, 1.82) is 0 Å². The van der Waals surface area contributed by atoms with E-state index in [4.69, 9.17) is 0 Å². The van der Waals surface area contributed by atoms with Gasteiger partial charge in [0.05, 0.1) is 17.9 Å². The summed E-state index contributed by atoms with van der Waals surface area (Å²) in [7, 11) is -0.877. The molecule has 22 heavy (non-hydrogen) atoms. The van der Waals surface area contributed by atoms with Crippen LogP contribution in [0.25, 0.3) is 0 Å². The molecule has 0 saturated heterocycles. The lowest BCUT2D eigenvalue weighted by Gasteiger charge is -2.17. The number of halogens is 2. The second kappa shape index (κ2) is 5.76. The van der Waals surface area contributed by atoms with Crippen LogP contribution in [0, 0.1) is 13.8 Å². The average molecular weight is 333 g/mol. The second-order valence-electron chi connectivity index (χ2n) is 4.91. The highest BCUT2D eigenvalue weighted by atomic mass is 32.2. The van der Waals surface area contributed by atoms with Crippen LogP contribution in [-0.2, 0) is 23.6 Å². The number of rotatable bonds is 5. The number of alkyl halides is 2. The number of nitrogens with zero attached hydrogens (tertiary/aromatic N) is 5. The van der Waals surface area contributed by atoms with Crippen LogP contribution in [0.2, 0.25) is 0 Å². The highest BCUT2D eigenvalue weighted by Crippen LogP contribution is 2.23.